The summed E-state index contributed by atoms with van der Waals surface area (Å²) in [7, 11) is 2.14. The summed E-state index contributed by atoms with van der Waals surface area (Å²) in [6, 6.07) is 10.8. The molecule has 6 heteroatoms. The number of ether oxygens (including phenoxy) is 1. The number of benzene rings is 1. The van der Waals surface area contributed by atoms with Crippen LogP contribution in [-0.2, 0) is 6.54 Å². The van der Waals surface area contributed by atoms with Crippen molar-refractivity contribution in [2.45, 2.75) is 56.7 Å². The molecule has 0 saturated carbocycles. The van der Waals surface area contributed by atoms with Crippen LogP contribution in [0.3, 0.4) is 0 Å². The number of fused-ring (bicyclic) bond motifs is 1. The van der Waals surface area contributed by atoms with Gasteiger partial charge in [-0.1, -0.05) is 25.1 Å². The molecule has 172 valence electrons. The Morgan fingerprint density at radius 3 is 2.94 bits per heavy atom. The molecule has 1 aromatic carbocycles. The molecule has 1 aliphatic carbocycles. The lowest BCUT2D eigenvalue weighted by atomic mass is 10.0. The summed E-state index contributed by atoms with van der Waals surface area (Å²) >= 11 is 1.71. The summed E-state index contributed by atoms with van der Waals surface area (Å²) in [5.74, 6) is 1.28. The number of rotatable bonds is 7. The van der Waals surface area contributed by atoms with Crippen LogP contribution in [0, 0.1) is 5.92 Å². The maximum Gasteiger partial charge on any atom is 0.135 e. The molecule has 0 amide bonds. The third-order valence-corrected chi connectivity index (χ3v) is 7.65. The largest absolute Gasteiger partial charge is 0.488 e. The lowest BCUT2D eigenvalue weighted by molar-refractivity contribution is 0.0769. The molecule has 3 atom stereocenters. The maximum absolute atomic E-state index is 9.84. The summed E-state index contributed by atoms with van der Waals surface area (Å²) in [5.41, 5.74) is 3.91. The SMILES string of the molecule is CC(CO)N1C[C@@H](C)[C@H](CN(C)Cc2cccnc2)Oc2cc(C3=CCCC3)ccc2S1. The third-order valence-electron chi connectivity index (χ3n) is 6.37. The standard InChI is InChI=1S/C26H35N3O2S/c1-19-15-29(20(2)18-30)32-26-11-10-23(22-8-4-5-9-22)13-24(26)31-25(19)17-28(3)16-21-7-6-12-27-14-21/h6-8,10-14,19-20,25,30H,4-5,9,15-18H2,1-3H3/t19-,20?,25+/m1/s1. The molecule has 1 aliphatic heterocycles. The molecular formula is C26H35N3O2S. The fourth-order valence-electron chi connectivity index (χ4n) is 4.41. The Balaban J connectivity index is 1.58. The van der Waals surface area contributed by atoms with E-state index in [1.807, 2.05) is 18.5 Å². The van der Waals surface area contributed by atoms with Gasteiger partial charge in [-0.2, -0.15) is 0 Å². The number of hydrogen-bond donors (Lipinski definition) is 1. The lowest BCUT2D eigenvalue weighted by Gasteiger charge is -2.37. The average molecular weight is 454 g/mol. The maximum atomic E-state index is 9.84. The summed E-state index contributed by atoms with van der Waals surface area (Å²) in [6.45, 7) is 7.02. The number of aliphatic hydroxyl groups excluding tert-OH is 1. The van der Waals surface area contributed by atoms with Gasteiger partial charge >= 0.3 is 0 Å². The summed E-state index contributed by atoms with van der Waals surface area (Å²) in [5, 5.41) is 9.84. The molecule has 0 bridgehead atoms. The third kappa shape index (κ3) is 5.73. The molecular weight excluding hydrogens is 418 g/mol. The highest BCUT2D eigenvalue weighted by Gasteiger charge is 2.30. The number of aliphatic hydroxyl groups is 1. The van der Waals surface area contributed by atoms with Crippen LogP contribution in [0.5, 0.6) is 5.75 Å². The van der Waals surface area contributed by atoms with Gasteiger partial charge < -0.3 is 9.84 Å². The topological polar surface area (TPSA) is 48.8 Å². The fraction of sp³-hybridized carbons (Fsp3) is 0.500. The zero-order chi connectivity index (χ0) is 22.5. The number of allylic oxidation sites excluding steroid dienone is 2. The van der Waals surface area contributed by atoms with Gasteiger partial charge in [0.2, 0.25) is 0 Å². The minimum Gasteiger partial charge on any atom is -0.488 e. The Morgan fingerprint density at radius 1 is 1.34 bits per heavy atom. The van der Waals surface area contributed by atoms with E-state index in [2.05, 4.69) is 65.4 Å². The molecule has 1 N–H and O–H groups in total. The van der Waals surface area contributed by atoms with Crippen LogP contribution in [0.25, 0.3) is 5.57 Å². The van der Waals surface area contributed by atoms with Crippen molar-refractivity contribution in [3.05, 3.63) is 59.9 Å². The highest BCUT2D eigenvalue weighted by Crippen LogP contribution is 2.40. The molecule has 0 saturated heterocycles. The number of nitrogens with zero attached hydrogens (tertiary/aromatic N) is 3. The molecule has 32 heavy (non-hydrogen) atoms. The molecule has 5 nitrogen and oxygen atoms in total. The number of pyridine rings is 1. The first kappa shape index (κ1) is 23.3. The highest BCUT2D eigenvalue weighted by atomic mass is 32.2. The van der Waals surface area contributed by atoms with Crippen molar-refractivity contribution < 1.29 is 9.84 Å². The number of aromatic nitrogens is 1. The van der Waals surface area contributed by atoms with Crippen molar-refractivity contribution in [2.75, 3.05) is 26.7 Å². The summed E-state index contributed by atoms with van der Waals surface area (Å²) in [6.07, 6.45) is 9.71. The quantitative estimate of drug-likeness (QED) is 0.604. The van der Waals surface area contributed by atoms with Gasteiger partial charge in [-0.15, -0.1) is 0 Å². The Labute approximate surface area is 196 Å². The van der Waals surface area contributed by atoms with Gasteiger partial charge in [-0.25, -0.2) is 4.31 Å². The fourth-order valence-corrected chi connectivity index (χ4v) is 5.54. The Morgan fingerprint density at radius 2 is 2.22 bits per heavy atom. The minimum atomic E-state index is 0.0533. The predicted octanol–water partition coefficient (Wildman–Crippen LogP) is 4.87. The van der Waals surface area contributed by atoms with Crippen LogP contribution in [0.4, 0.5) is 0 Å². The van der Waals surface area contributed by atoms with Gasteiger partial charge in [-0.05, 0) is 80.1 Å². The zero-order valence-corrected chi connectivity index (χ0v) is 20.2. The van der Waals surface area contributed by atoms with Crippen molar-refractivity contribution in [2.24, 2.45) is 5.92 Å². The van der Waals surface area contributed by atoms with Crippen molar-refractivity contribution in [3.8, 4) is 5.75 Å². The average Bonchev–Trinajstić information content (AvgIpc) is 3.33. The molecule has 2 heterocycles. The molecule has 0 spiro atoms. The van der Waals surface area contributed by atoms with Crippen molar-refractivity contribution in [3.63, 3.8) is 0 Å². The highest BCUT2D eigenvalue weighted by molar-refractivity contribution is 7.97. The van der Waals surface area contributed by atoms with Gasteiger partial charge in [0.25, 0.3) is 0 Å². The van der Waals surface area contributed by atoms with E-state index in [0.29, 0.717) is 5.92 Å². The van der Waals surface area contributed by atoms with Gasteiger partial charge in [-0.3, -0.25) is 9.88 Å². The van der Waals surface area contributed by atoms with E-state index in [9.17, 15) is 5.11 Å². The van der Waals surface area contributed by atoms with Gasteiger partial charge in [0.05, 0.1) is 11.5 Å². The van der Waals surface area contributed by atoms with E-state index in [4.69, 9.17) is 4.74 Å². The minimum absolute atomic E-state index is 0.0533. The Bertz CT molecular complexity index is 921. The van der Waals surface area contributed by atoms with Crippen LogP contribution in [-0.4, -0.2) is 58.2 Å². The van der Waals surface area contributed by atoms with Crippen LogP contribution in [0.1, 0.15) is 44.2 Å². The van der Waals surface area contributed by atoms with E-state index < -0.39 is 0 Å². The summed E-state index contributed by atoms with van der Waals surface area (Å²) < 4.78 is 9.04. The van der Waals surface area contributed by atoms with Gasteiger partial charge in [0.1, 0.15) is 11.9 Å². The molecule has 4 rings (SSSR count). The zero-order valence-electron chi connectivity index (χ0n) is 19.4. The van der Waals surface area contributed by atoms with Gasteiger partial charge in [0, 0.05) is 44.0 Å². The van der Waals surface area contributed by atoms with E-state index in [1.165, 1.54) is 29.5 Å². The lowest BCUT2D eigenvalue weighted by Crippen LogP contribution is -2.44. The van der Waals surface area contributed by atoms with Gasteiger partial charge in [0.15, 0.2) is 0 Å². The van der Waals surface area contributed by atoms with Crippen molar-refractivity contribution >= 4 is 17.5 Å². The Hall–Kier alpha value is -1.86. The van der Waals surface area contributed by atoms with Crippen molar-refractivity contribution in [1.29, 1.82) is 0 Å². The first-order valence-corrected chi connectivity index (χ1v) is 12.4. The molecule has 2 aliphatic rings. The molecule has 2 aromatic rings. The van der Waals surface area contributed by atoms with E-state index >= 15 is 0 Å². The van der Waals surface area contributed by atoms with Crippen LogP contribution >= 0.6 is 11.9 Å². The second kappa shape index (κ2) is 10.8. The van der Waals surface area contributed by atoms with Crippen LogP contribution in [0.15, 0.2) is 53.7 Å². The molecule has 0 radical (unpaired) electrons. The van der Waals surface area contributed by atoms with Crippen molar-refractivity contribution in [1.82, 2.24) is 14.2 Å². The predicted molar refractivity (Wildman–Crippen MR) is 132 cm³/mol. The smallest absolute Gasteiger partial charge is 0.135 e. The number of likely N-dealkylation sites (N-methyl/N-ethyl adjacent to an activating group) is 1. The number of hydrogen-bond acceptors (Lipinski definition) is 6. The van der Waals surface area contributed by atoms with E-state index in [-0.39, 0.29) is 18.8 Å². The molecule has 1 unspecified atom stereocenters. The van der Waals surface area contributed by atoms with Crippen LogP contribution in [0.2, 0.25) is 0 Å². The molecule has 1 aromatic heterocycles. The van der Waals surface area contributed by atoms with E-state index in [0.717, 1.165) is 36.7 Å². The summed E-state index contributed by atoms with van der Waals surface area (Å²) in [4.78, 5) is 7.69. The van der Waals surface area contributed by atoms with Crippen LogP contribution < -0.4 is 4.74 Å². The second-order valence-electron chi connectivity index (χ2n) is 9.20. The normalized spacial score (nSPS) is 22.6. The first-order chi connectivity index (χ1) is 15.5. The van der Waals surface area contributed by atoms with E-state index in [1.54, 1.807) is 11.9 Å². The molecule has 0 fully saturated rings. The second-order valence-corrected chi connectivity index (χ2v) is 10.3. The monoisotopic (exact) mass is 453 g/mol. The Kier molecular flexibility index (Phi) is 7.89. The first-order valence-electron chi connectivity index (χ1n) is 11.7.